The van der Waals surface area contributed by atoms with Gasteiger partial charge in [-0.15, -0.1) is 11.3 Å². The summed E-state index contributed by atoms with van der Waals surface area (Å²) in [5.74, 6) is 0. The van der Waals surface area contributed by atoms with Crippen molar-refractivity contribution < 1.29 is 0 Å². The van der Waals surface area contributed by atoms with Crippen molar-refractivity contribution in [2.45, 2.75) is 19.9 Å². The van der Waals surface area contributed by atoms with Crippen molar-refractivity contribution in [1.82, 2.24) is 0 Å². The Labute approximate surface area is 82.2 Å². The van der Waals surface area contributed by atoms with Gasteiger partial charge in [-0.3, -0.25) is 0 Å². The summed E-state index contributed by atoms with van der Waals surface area (Å²) in [6.45, 7) is 4.15. The minimum Gasteiger partial charge on any atom is -0.324 e. The zero-order chi connectivity index (χ0) is 9.42. The summed E-state index contributed by atoms with van der Waals surface area (Å²) in [6, 6.07) is 8.80. The van der Waals surface area contributed by atoms with Crippen LogP contribution in [0, 0.1) is 6.92 Å². The molecule has 2 heteroatoms. The van der Waals surface area contributed by atoms with Crippen LogP contribution in [0.25, 0.3) is 10.1 Å². The van der Waals surface area contributed by atoms with E-state index in [4.69, 9.17) is 5.73 Å². The van der Waals surface area contributed by atoms with Crippen LogP contribution in [-0.4, -0.2) is 0 Å². The maximum atomic E-state index is 5.82. The summed E-state index contributed by atoms with van der Waals surface area (Å²) in [5.41, 5.74) is 7.03. The van der Waals surface area contributed by atoms with Gasteiger partial charge in [-0.2, -0.15) is 0 Å². The first kappa shape index (κ1) is 8.73. The van der Waals surface area contributed by atoms with Gasteiger partial charge in [0.25, 0.3) is 0 Å². The van der Waals surface area contributed by atoms with Gasteiger partial charge in [0.05, 0.1) is 0 Å². The standard InChI is InChI=1S/C11H13NS/c1-7-5-10-4-3-9(8(2)12)6-11(10)13-7/h3-6,8H,12H2,1-2H3. The fourth-order valence-electron chi connectivity index (χ4n) is 1.46. The Kier molecular flexibility index (Phi) is 2.10. The molecule has 1 aromatic heterocycles. The molecule has 2 aromatic rings. The van der Waals surface area contributed by atoms with Crippen molar-refractivity contribution in [1.29, 1.82) is 0 Å². The molecule has 1 nitrogen and oxygen atoms in total. The molecule has 0 aliphatic carbocycles. The summed E-state index contributed by atoms with van der Waals surface area (Å²) >= 11 is 1.83. The number of thiophene rings is 1. The van der Waals surface area contributed by atoms with E-state index in [0.717, 1.165) is 0 Å². The number of fused-ring (bicyclic) bond motifs is 1. The van der Waals surface area contributed by atoms with Gasteiger partial charge in [-0.1, -0.05) is 12.1 Å². The van der Waals surface area contributed by atoms with E-state index in [2.05, 4.69) is 31.2 Å². The lowest BCUT2D eigenvalue weighted by Gasteiger charge is -2.04. The van der Waals surface area contributed by atoms with Crippen molar-refractivity contribution in [3.8, 4) is 0 Å². The van der Waals surface area contributed by atoms with Crippen LogP contribution in [0.1, 0.15) is 23.4 Å². The van der Waals surface area contributed by atoms with Gasteiger partial charge < -0.3 is 5.73 Å². The molecule has 0 bridgehead atoms. The molecule has 2 N–H and O–H groups in total. The zero-order valence-corrected chi connectivity index (χ0v) is 8.69. The molecular weight excluding hydrogens is 178 g/mol. The summed E-state index contributed by atoms with van der Waals surface area (Å²) < 4.78 is 1.34. The third-order valence-electron chi connectivity index (χ3n) is 2.19. The van der Waals surface area contributed by atoms with E-state index in [1.54, 1.807) is 0 Å². The highest BCUT2D eigenvalue weighted by molar-refractivity contribution is 7.19. The Bertz CT molecular complexity index is 429. The predicted molar refractivity (Wildman–Crippen MR) is 59.2 cm³/mol. The van der Waals surface area contributed by atoms with Crippen LogP contribution >= 0.6 is 11.3 Å². The lowest BCUT2D eigenvalue weighted by molar-refractivity contribution is 0.820. The first-order chi connectivity index (χ1) is 6.16. The lowest BCUT2D eigenvalue weighted by Crippen LogP contribution is -2.03. The summed E-state index contributed by atoms with van der Waals surface area (Å²) in [4.78, 5) is 1.36. The number of benzene rings is 1. The molecule has 1 atom stereocenters. The highest BCUT2D eigenvalue weighted by atomic mass is 32.1. The number of nitrogens with two attached hydrogens (primary N) is 1. The molecule has 0 spiro atoms. The summed E-state index contributed by atoms with van der Waals surface area (Å²) in [6.07, 6.45) is 0. The monoisotopic (exact) mass is 191 g/mol. The average Bonchev–Trinajstić information content (AvgIpc) is 2.42. The van der Waals surface area contributed by atoms with Gasteiger partial charge >= 0.3 is 0 Å². The summed E-state index contributed by atoms with van der Waals surface area (Å²) in [7, 11) is 0. The average molecular weight is 191 g/mol. The molecule has 68 valence electrons. The van der Waals surface area contributed by atoms with E-state index in [0.29, 0.717) is 0 Å². The van der Waals surface area contributed by atoms with Gasteiger partial charge in [-0.25, -0.2) is 0 Å². The van der Waals surface area contributed by atoms with Gasteiger partial charge in [0.15, 0.2) is 0 Å². The van der Waals surface area contributed by atoms with Gasteiger partial charge in [0, 0.05) is 15.6 Å². The first-order valence-electron chi connectivity index (χ1n) is 4.42. The van der Waals surface area contributed by atoms with E-state index in [-0.39, 0.29) is 6.04 Å². The molecule has 0 saturated carbocycles. The topological polar surface area (TPSA) is 26.0 Å². The van der Waals surface area contributed by atoms with Crippen LogP contribution in [0.15, 0.2) is 24.3 Å². The molecule has 0 saturated heterocycles. The van der Waals surface area contributed by atoms with Crippen molar-refractivity contribution >= 4 is 21.4 Å². The third kappa shape index (κ3) is 1.60. The molecule has 1 aromatic carbocycles. The molecule has 0 amide bonds. The minimum absolute atomic E-state index is 0.131. The van der Waals surface area contributed by atoms with Crippen molar-refractivity contribution in [3.05, 3.63) is 34.7 Å². The van der Waals surface area contributed by atoms with Crippen LogP contribution in [-0.2, 0) is 0 Å². The van der Waals surface area contributed by atoms with Crippen LogP contribution in [0.2, 0.25) is 0 Å². The Balaban J connectivity index is 2.61. The van der Waals surface area contributed by atoms with Crippen LogP contribution in [0.5, 0.6) is 0 Å². The molecule has 2 rings (SSSR count). The fourth-order valence-corrected chi connectivity index (χ4v) is 2.44. The highest BCUT2D eigenvalue weighted by Crippen LogP contribution is 2.27. The van der Waals surface area contributed by atoms with Crippen molar-refractivity contribution in [2.24, 2.45) is 5.73 Å². The van der Waals surface area contributed by atoms with Crippen LogP contribution in [0.4, 0.5) is 0 Å². The Hall–Kier alpha value is -0.860. The van der Waals surface area contributed by atoms with Gasteiger partial charge in [-0.05, 0) is 36.9 Å². The number of rotatable bonds is 1. The van der Waals surface area contributed by atoms with E-state index in [1.165, 1.54) is 20.5 Å². The smallest absolute Gasteiger partial charge is 0.0348 e. The molecule has 1 unspecified atom stereocenters. The van der Waals surface area contributed by atoms with E-state index in [9.17, 15) is 0 Å². The molecule has 0 fully saturated rings. The molecular formula is C11H13NS. The predicted octanol–water partition coefficient (Wildman–Crippen LogP) is 3.23. The molecule has 0 aliphatic heterocycles. The highest BCUT2D eigenvalue weighted by Gasteiger charge is 2.02. The van der Waals surface area contributed by atoms with Crippen LogP contribution in [0.3, 0.4) is 0 Å². The zero-order valence-electron chi connectivity index (χ0n) is 7.87. The largest absolute Gasteiger partial charge is 0.324 e. The second-order valence-corrected chi connectivity index (χ2v) is 4.73. The maximum absolute atomic E-state index is 5.82. The van der Waals surface area contributed by atoms with E-state index < -0.39 is 0 Å². The SMILES string of the molecule is Cc1cc2ccc(C(C)N)cc2s1. The molecule has 13 heavy (non-hydrogen) atoms. The molecule has 0 radical (unpaired) electrons. The van der Waals surface area contributed by atoms with E-state index in [1.807, 2.05) is 18.3 Å². The molecule has 1 heterocycles. The second-order valence-electron chi connectivity index (χ2n) is 3.44. The quantitative estimate of drug-likeness (QED) is 0.735. The Morgan fingerprint density at radius 1 is 1.31 bits per heavy atom. The summed E-state index contributed by atoms with van der Waals surface area (Å²) in [5, 5.41) is 1.33. The van der Waals surface area contributed by atoms with Gasteiger partial charge in [0.2, 0.25) is 0 Å². The van der Waals surface area contributed by atoms with Crippen molar-refractivity contribution in [3.63, 3.8) is 0 Å². The number of hydrogen-bond acceptors (Lipinski definition) is 2. The fraction of sp³-hybridized carbons (Fsp3) is 0.273. The lowest BCUT2D eigenvalue weighted by atomic mass is 10.1. The van der Waals surface area contributed by atoms with Crippen molar-refractivity contribution in [2.75, 3.05) is 0 Å². The number of aryl methyl sites for hydroxylation is 1. The normalized spacial score (nSPS) is 13.5. The first-order valence-corrected chi connectivity index (χ1v) is 5.24. The second kappa shape index (κ2) is 3.13. The number of hydrogen-bond donors (Lipinski definition) is 1. The van der Waals surface area contributed by atoms with Crippen LogP contribution < -0.4 is 5.73 Å². The van der Waals surface area contributed by atoms with E-state index >= 15 is 0 Å². The minimum atomic E-state index is 0.131. The Morgan fingerprint density at radius 3 is 2.77 bits per heavy atom. The van der Waals surface area contributed by atoms with Gasteiger partial charge in [0.1, 0.15) is 0 Å². The third-order valence-corrected chi connectivity index (χ3v) is 3.21. The molecule has 0 aliphatic rings. The Morgan fingerprint density at radius 2 is 2.08 bits per heavy atom. The maximum Gasteiger partial charge on any atom is 0.0348 e.